The normalized spacial score (nSPS) is 12.9. The molecule has 0 amide bonds. The Bertz CT molecular complexity index is 472. The van der Waals surface area contributed by atoms with E-state index in [0.29, 0.717) is 12.5 Å². The molecule has 2 rings (SSSR count). The molecule has 0 saturated carbocycles. The van der Waals surface area contributed by atoms with Crippen LogP contribution < -0.4 is 10.5 Å². The summed E-state index contributed by atoms with van der Waals surface area (Å²) in [5.74, 6) is 1.31. The number of ether oxygens (including phenoxy) is 1. The van der Waals surface area contributed by atoms with Crippen molar-refractivity contribution in [2.75, 3.05) is 13.7 Å². The minimum absolute atomic E-state index is 0.417. The summed E-state index contributed by atoms with van der Waals surface area (Å²) in [5, 5.41) is 1.22. The van der Waals surface area contributed by atoms with Gasteiger partial charge in [0.05, 0.1) is 7.11 Å². The van der Waals surface area contributed by atoms with Gasteiger partial charge < -0.3 is 15.5 Å². The SMILES string of the molecule is CCC(CN)c1c[nH]c2ccc(OC)cc12. The molecule has 3 N–H and O–H groups in total. The molecule has 1 heterocycles. The Morgan fingerprint density at radius 1 is 1.44 bits per heavy atom. The van der Waals surface area contributed by atoms with E-state index < -0.39 is 0 Å². The molecule has 1 aromatic carbocycles. The molecule has 0 fully saturated rings. The number of fused-ring (bicyclic) bond motifs is 1. The zero-order chi connectivity index (χ0) is 11.5. The topological polar surface area (TPSA) is 51.0 Å². The Balaban J connectivity index is 2.52. The van der Waals surface area contributed by atoms with E-state index in [1.54, 1.807) is 7.11 Å². The van der Waals surface area contributed by atoms with Gasteiger partial charge in [-0.2, -0.15) is 0 Å². The van der Waals surface area contributed by atoms with Gasteiger partial charge in [-0.25, -0.2) is 0 Å². The molecular weight excluding hydrogens is 200 g/mol. The second-order valence-corrected chi connectivity index (χ2v) is 4.00. The first-order valence-corrected chi connectivity index (χ1v) is 5.65. The number of nitrogens with one attached hydrogen (secondary N) is 1. The fourth-order valence-corrected chi connectivity index (χ4v) is 2.10. The van der Waals surface area contributed by atoms with Crippen molar-refractivity contribution in [1.82, 2.24) is 4.98 Å². The number of rotatable bonds is 4. The lowest BCUT2D eigenvalue weighted by atomic mass is 9.96. The summed E-state index contributed by atoms with van der Waals surface area (Å²) in [6, 6.07) is 6.08. The van der Waals surface area contributed by atoms with Crippen LogP contribution >= 0.6 is 0 Å². The van der Waals surface area contributed by atoms with E-state index in [1.165, 1.54) is 10.9 Å². The van der Waals surface area contributed by atoms with Crippen molar-refractivity contribution in [3.63, 3.8) is 0 Å². The summed E-state index contributed by atoms with van der Waals surface area (Å²) in [6.07, 6.45) is 3.12. The number of hydrogen-bond donors (Lipinski definition) is 2. The van der Waals surface area contributed by atoms with Crippen LogP contribution in [0.15, 0.2) is 24.4 Å². The van der Waals surface area contributed by atoms with Gasteiger partial charge in [-0.1, -0.05) is 6.92 Å². The van der Waals surface area contributed by atoms with Crippen LogP contribution in [0, 0.1) is 0 Å². The molecule has 0 aliphatic carbocycles. The van der Waals surface area contributed by atoms with Crippen molar-refractivity contribution in [1.29, 1.82) is 0 Å². The first-order chi connectivity index (χ1) is 7.80. The molecule has 1 atom stereocenters. The summed E-state index contributed by atoms with van der Waals surface area (Å²) in [6.45, 7) is 2.84. The number of aromatic nitrogens is 1. The van der Waals surface area contributed by atoms with Gasteiger partial charge in [0.2, 0.25) is 0 Å². The van der Waals surface area contributed by atoms with Crippen molar-refractivity contribution in [2.45, 2.75) is 19.3 Å². The maximum Gasteiger partial charge on any atom is 0.119 e. The van der Waals surface area contributed by atoms with Gasteiger partial charge in [0.25, 0.3) is 0 Å². The average molecular weight is 218 g/mol. The Hall–Kier alpha value is -1.48. The maximum atomic E-state index is 5.79. The molecule has 2 aromatic rings. The molecule has 0 aliphatic heterocycles. The average Bonchev–Trinajstić information content (AvgIpc) is 2.74. The Labute approximate surface area is 95.6 Å². The highest BCUT2D eigenvalue weighted by Gasteiger charge is 2.12. The molecular formula is C13H18N2O. The van der Waals surface area contributed by atoms with E-state index in [9.17, 15) is 0 Å². The van der Waals surface area contributed by atoms with Crippen molar-refractivity contribution < 1.29 is 4.74 Å². The van der Waals surface area contributed by atoms with Crippen molar-refractivity contribution in [2.24, 2.45) is 5.73 Å². The molecule has 0 saturated heterocycles. The van der Waals surface area contributed by atoms with Crippen LogP contribution in [0.3, 0.4) is 0 Å². The Morgan fingerprint density at radius 2 is 2.25 bits per heavy atom. The third kappa shape index (κ3) is 1.78. The van der Waals surface area contributed by atoms with Crippen LogP contribution in [-0.2, 0) is 0 Å². The third-order valence-electron chi connectivity index (χ3n) is 3.14. The standard InChI is InChI=1S/C13H18N2O/c1-3-9(7-14)12-8-15-13-5-4-10(16-2)6-11(12)13/h4-6,8-9,15H,3,7,14H2,1-2H3. The smallest absolute Gasteiger partial charge is 0.119 e. The van der Waals surface area contributed by atoms with Gasteiger partial charge in [0.1, 0.15) is 5.75 Å². The second-order valence-electron chi connectivity index (χ2n) is 4.00. The Morgan fingerprint density at radius 3 is 2.88 bits per heavy atom. The molecule has 1 unspecified atom stereocenters. The highest BCUT2D eigenvalue weighted by molar-refractivity contribution is 5.85. The van der Waals surface area contributed by atoms with E-state index in [4.69, 9.17) is 10.5 Å². The lowest BCUT2D eigenvalue weighted by molar-refractivity contribution is 0.415. The molecule has 3 nitrogen and oxygen atoms in total. The van der Waals surface area contributed by atoms with E-state index >= 15 is 0 Å². The molecule has 86 valence electrons. The number of nitrogens with two attached hydrogens (primary N) is 1. The molecule has 16 heavy (non-hydrogen) atoms. The lowest BCUT2D eigenvalue weighted by Crippen LogP contribution is -2.10. The number of hydrogen-bond acceptors (Lipinski definition) is 2. The largest absolute Gasteiger partial charge is 0.497 e. The minimum Gasteiger partial charge on any atom is -0.497 e. The number of H-pyrrole nitrogens is 1. The maximum absolute atomic E-state index is 5.79. The van der Waals surface area contributed by atoms with Crippen molar-refractivity contribution >= 4 is 10.9 Å². The van der Waals surface area contributed by atoms with Gasteiger partial charge in [-0.05, 0) is 42.6 Å². The summed E-state index contributed by atoms with van der Waals surface area (Å²) < 4.78 is 5.25. The van der Waals surface area contributed by atoms with Crippen LogP contribution in [0.5, 0.6) is 5.75 Å². The van der Waals surface area contributed by atoms with Crippen molar-refractivity contribution in [3.05, 3.63) is 30.0 Å². The van der Waals surface area contributed by atoms with Gasteiger partial charge >= 0.3 is 0 Å². The van der Waals surface area contributed by atoms with E-state index in [2.05, 4.69) is 24.2 Å². The van der Waals surface area contributed by atoms with Crippen LogP contribution in [0.4, 0.5) is 0 Å². The lowest BCUT2D eigenvalue weighted by Gasteiger charge is -2.11. The summed E-state index contributed by atoms with van der Waals surface area (Å²) >= 11 is 0. The van der Waals surface area contributed by atoms with E-state index in [0.717, 1.165) is 17.7 Å². The highest BCUT2D eigenvalue weighted by atomic mass is 16.5. The molecule has 1 aromatic heterocycles. The fourth-order valence-electron chi connectivity index (χ4n) is 2.10. The third-order valence-corrected chi connectivity index (χ3v) is 3.14. The molecule has 0 bridgehead atoms. The van der Waals surface area contributed by atoms with Crippen LogP contribution in [-0.4, -0.2) is 18.6 Å². The first-order valence-electron chi connectivity index (χ1n) is 5.65. The quantitative estimate of drug-likeness (QED) is 0.828. The summed E-state index contributed by atoms with van der Waals surface area (Å²) in [5.41, 5.74) is 8.22. The van der Waals surface area contributed by atoms with Crippen LogP contribution in [0.1, 0.15) is 24.8 Å². The number of methoxy groups -OCH3 is 1. The van der Waals surface area contributed by atoms with Gasteiger partial charge in [0.15, 0.2) is 0 Å². The predicted octanol–water partition coefficient (Wildman–Crippen LogP) is 2.63. The van der Waals surface area contributed by atoms with Crippen LogP contribution in [0.25, 0.3) is 10.9 Å². The zero-order valence-corrected chi connectivity index (χ0v) is 9.79. The first kappa shape index (κ1) is 11.0. The van der Waals surface area contributed by atoms with Crippen LogP contribution in [0.2, 0.25) is 0 Å². The fraction of sp³-hybridized carbons (Fsp3) is 0.385. The second kappa shape index (κ2) is 4.58. The molecule has 0 spiro atoms. The number of benzene rings is 1. The van der Waals surface area contributed by atoms with Gasteiger partial charge in [-0.15, -0.1) is 0 Å². The monoisotopic (exact) mass is 218 g/mol. The highest BCUT2D eigenvalue weighted by Crippen LogP contribution is 2.29. The van der Waals surface area contributed by atoms with Gasteiger partial charge in [0, 0.05) is 17.1 Å². The summed E-state index contributed by atoms with van der Waals surface area (Å²) in [7, 11) is 1.69. The van der Waals surface area contributed by atoms with Crippen molar-refractivity contribution in [3.8, 4) is 5.75 Å². The summed E-state index contributed by atoms with van der Waals surface area (Å²) in [4.78, 5) is 3.28. The van der Waals surface area contributed by atoms with Gasteiger partial charge in [-0.3, -0.25) is 0 Å². The number of aromatic amines is 1. The minimum atomic E-state index is 0.417. The molecule has 0 aliphatic rings. The Kier molecular flexibility index (Phi) is 3.15. The van der Waals surface area contributed by atoms with E-state index in [-0.39, 0.29) is 0 Å². The predicted molar refractivity (Wildman–Crippen MR) is 66.9 cm³/mol. The van der Waals surface area contributed by atoms with E-state index in [1.807, 2.05) is 12.1 Å². The molecule has 3 heteroatoms. The molecule has 0 radical (unpaired) electrons. The zero-order valence-electron chi connectivity index (χ0n) is 9.79.